The van der Waals surface area contributed by atoms with Crippen molar-refractivity contribution in [3.05, 3.63) is 0 Å². The summed E-state index contributed by atoms with van der Waals surface area (Å²) in [6.07, 6.45) is -0.00155. The highest BCUT2D eigenvalue weighted by Gasteiger charge is 1.97. The van der Waals surface area contributed by atoms with E-state index >= 15 is 0 Å². The Balaban J connectivity index is 3.03. The van der Waals surface area contributed by atoms with Crippen molar-refractivity contribution < 1.29 is 43.1 Å². The second-order valence-corrected chi connectivity index (χ2v) is 5.37. The van der Waals surface area contributed by atoms with Crippen LogP contribution in [-0.4, -0.2) is 109 Å². The SMILES string of the molecule is NCC(=O)NCCOCCOCCOCCOCCOCCOCCC(=O)O. The Hall–Kier alpha value is -1.34. The van der Waals surface area contributed by atoms with E-state index in [4.69, 9.17) is 39.3 Å². The van der Waals surface area contributed by atoms with Crippen LogP contribution in [0.25, 0.3) is 0 Å². The largest absolute Gasteiger partial charge is 0.481 e. The first-order valence-electron chi connectivity index (χ1n) is 9.31. The fourth-order valence-corrected chi connectivity index (χ4v) is 1.70. The first-order valence-corrected chi connectivity index (χ1v) is 9.31. The van der Waals surface area contributed by atoms with Crippen molar-refractivity contribution in [1.29, 1.82) is 0 Å². The molecule has 0 unspecified atom stereocenters. The molecular weight excluding hydrogens is 376 g/mol. The molecule has 166 valence electrons. The van der Waals surface area contributed by atoms with Crippen LogP contribution < -0.4 is 11.1 Å². The number of hydrogen-bond donors (Lipinski definition) is 3. The zero-order valence-corrected chi connectivity index (χ0v) is 16.4. The van der Waals surface area contributed by atoms with Gasteiger partial charge in [-0.2, -0.15) is 0 Å². The molecule has 0 fully saturated rings. The Labute approximate surface area is 165 Å². The molecule has 0 saturated heterocycles. The van der Waals surface area contributed by atoms with E-state index < -0.39 is 5.97 Å². The highest BCUT2D eigenvalue weighted by atomic mass is 16.6. The number of rotatable bonds is 22. The number of carboxylic acids is 1. The maximum absolute atomic E-state index is 10.9. The zero-order chi connectivity index (χ0) is 20.7. The minimum absolute atomic E-state index is 0.00155. The molecular formula is C17H34N2O9. The molecule has 0 radical (unpaired) electrons. The normalized spacial score (nSPS) is 10.9. The summed E-state index contributed by atoms with van der Waals surface area (Å²) in [7, 11) is 0. The van der Waals surface area contributed by atoms with Crippen LogP contribution in [0, 0.1) is 0 Å². The number of carbonyl (C=O) groups is 2. The molecule has 0 atom stereocenters. The van der Waals surface area contributed by atoms with Gasteiger partial charge in [0.2, 0.25) is 5.91 Å². The molecule has 0 aromatic heterocycles. The standard InChI is InChI=1S/C17H34N2O9/c18-15-16(20)19-2-4-24-6-8-26-10-12-28-14-13-27-11-9-25-7-5-23-3-1-17(21)22/h1-15,18H2,(H,19,20)(H,21,22). The Morgan fingerprint density at radius 1 is 0.643 bits per heavy atom. The van der Waals surface area contributed by atoms with Gasteiger partial charge in [0.15, 0.2) is 0 Å². The van der Waals surface area contributed by atoms with Gasteiger partial charge in [0, 0.05) is 6.54 Å². The number of carboxylic acid groups (broad SMARTS) is 1. The second kappa shape index (κ2) is 22.0. The van der Waals surface area contributed by atoms with Gasteiger partial charge in [-0.15, -0.1) is 0 Å². The van der Waals surface area contributed by atoms with E-state index in [2.05, 4.69) is 5.32 Å². The number of hydrogen-bond acceptors (Lipinski definition) is 9. The van der Waals surface area contributed by atoms with Crippen LogP contribution in [-0.2, 0) is 38.0 Å². The molecule has 0 rings (SSSR count). The van der Waals surface area contributed by atoms with Gasteiger partial charge >= 0.3 is 5.97 Å². The maximum atomic E-state index is 10.9. The molecule has 11 nitrogen and oxygen atoms in total. The molecule has 0 saturated carbocycles. The predicted octanol–water partition coefficient (Wildman–Crippen LogP) is -1.36. The van der Waals surface area contributed by atoms with Crippen LogP contribution in [0.3, 0.4) is 0 Å². The number of amides is 1. The van der Waals surface area contributed by atoms with Crippen LogP contribution in [0.15, 0.2) is 0 Å². The second-order valence-electron chi connectivity index (χ2n) is 5.37. The third-order valence-corrected chi connectivity index (χ3v) is 3.07. The lowest BCUT2D eigenvalue weighted by Crippen LogP contribution is -2.32. The fourth-order valence-electron chi connectivity index (χ4n) is 1.70. The molecule has 0 aromatic rings. The maximum Gasteiger partial charge on any atom is 0.305 e. The molecule has 0 aliphatic rings. The van der Waals surface area contributed by atoms with E-state index in [-0.39, 0.29) is 25.5 Å². The van der Waals surface area contributed by atoms with E-state index in [0.29, 0.717) is 79.2 Å². The van der Waals surface area contributed by atoms with E-state index in [1.165, 1.54) is 0 Å². The Bertz CT molecular complexity index is 373. The van der Waals surface area contributed by atoms with Gasteiger partial charge in [0.1, 0.15) is 0 Å². The zero-order valence-electron chi connectivity index (χ0n) is 16.4. The van der Waals surface area contributed by atoms with Gasteiger partial charge in [-0.25, -0.2) is 0 Å². The van der Waals surface area contributed by atoms with Crippen molar-refractivity contribution >= 4 is 11.9 Å². The summed E-state index contributed by atoms with van der Waals surface area (Å²) in [5.74, 6) is -1.08. The van der Waals surface area contributed by atoms with Crippen LogP contribution >= 0.6 is 0 Å². The van der Waals surface area contributed by atoms with E-state index in [1.807, 2.05) is 0 Å². The van der Waals surface area contributed by atoms with Crippen LogP contribution in [0.1, 0.15) is 6.42 Å². The summed E-state index contributed by atoms with van der Waals surface area (Å²) in [5, 5.41) is 11.0. The van der Waals surface area contributed by atoms with Gasteiger partial charge in [-0.1, -0.05) is 0 Å². The quantitative estimate of drug-likeness (QED) is 0.183. The molecule has 0 aliphatic heterocycles. The molecule has 11 heteroatoms. The van der Waals surface area contributed by atoms with Crippen LogP contribution in [0.4, 0.5) is 0 Å². The van der Waals surface area contributed by atoms with E-state index in [9.17, 15) is 9.59 Å². The number of ether oxygens (including phenoxy) is 6. The first kappa shape index (κ1) is 26.7. The predicted molar refractivity (Wildman–Crippen MR) is 99.2 cm³/mol. The van der Waals surface area contributed by atoms with Crippen molar-refractivity contribution in [2.45, 2.75) is 6.42 Å². The molecule has 0 spiro atoms. The van der Waals surface area contributed by atoms with Gasteiger partial charge < -0.3 is 44.6 Å². The van der Waals surface area contributed by atoms with Gasteiger partial charge in [0.25, 0.3) is 0 Å². The molecule has 4 N–H and O–H groups in total. The van der Waals surface area contributed by atoms with Crippen molar-refractivity contribution in [3.8, 4) is 0 Å². The lowest BCUT2D eigenvalue weighted by Gasteiger charge is -2.08. The molecule has 0 aromatic carbocycles. The Morgan fingerprint density at radius 3 is 1.36 bits per heavy atom. The van der Waals surface area contributed by atoms with Gasteiger partial charge in [-0.3, -0.25) is 9.59 Å². The summed E-state index contributed by atoms with van der Waals surface area (Å²) in [6.45, 7) is 5.50. The molecule has 1 amide bonds. The highest BCUT2D eigenvalue weighted by molar-refractivity contribution is 5.77. The topological polar surface area (TPSA) is 148 Å². The summed E-state index contributed by atoms with van der Waals surface area (Å²) in [5.41, 5.74) is 5.15. The minimum atomic E-state index is -0.876. The third-order valence-electron chi connectivity index (χ3n) is 3.07. The summed E-state index contributed by atoms with van der Waals surface area (Å²) in [6, 6.07) is 0. The van der Waals surface area contributed by atoms with Crippen molar-refractivity contribution in [2.24, 2.45) is 5.73 Å². The highest BCUT2D eigenvalue weighted by Crippen LogP contribution is 1.86. The van der Waals surface area contributed by atoms with Crippen molar-refractivity contribution in [3.63, 3.8) is 0 Å². The van der Waals surface area contributed by atoms with Crippen molar-refractivity contribution in [2.75, 3.05) is 92.4 Å². The summed E-state index contributed by atoms with van der Waals surface area (Å²) < 4.78 is 31.6. The van der Waals surface area contributed by atoms with Crippen molar-refractivity contribution in [1.82, 2.24) is 5.32 Å². The van der Waals surface area contributed by atoms with Crippen LogP contribution in [0.5, 0.6) is 0 Å². The molecule has 0 bridgehead atoms. The monoisotopic (exact) mass is 410 g/mol. The smallest absolute Gasteiger partial charge is 0.305 e. The number of nitrogens with one attached hydrogen (secondary N) is 1. The fraction of sp³-hybridized carbons (Fsp3) is 0.882. The minimum Gasteiger partial charge on any atom is -0.481 e. The first-order chi connectivity index (χ1) is 13.7. The number of aliphatic carboxylic acids is 1. The Morgan fingerprint density at radius 2 is 1.00 bits per heavy atom. The average molecular weight is 410 g/mol. The van der Waals surface area contributed by atoms with E-state index in [0.717, 1.165) is 0 Å². The van der Waals surface area contributed by atoms with E-state index in [1.54, 1.807) is 0 Å². The lowest BCUT2D eigenvalue weighted by molar-refractivity contribution is -0.138. The summed E-state index contributed by atoms with van der Waals surface area (Å²) >= 11 is 0. The lowest BCUT2D eigenvalue weighted by atomic mass is 10.5. The average Bonchev–Trinajstić information content (AvgIpc) is 2.68. The van der Waals surface area contributed by atoms with Gasteiger partial charge in [0.05, 0.1) is 92.2 Å². The number of carbonyl (C=O) groups excluding carboxylic acids is 1. The third kappa shape index (κ3) is 22.7. The van der Waals surface area contributed by atoms with Gasteiger partial charge in [-0.05, 0) is 0 Å². The molecule has 0 aliphatic carbocycles. The summed E-state index contributed by atoms with van der Waals surface area (Å²) in [4.78, 5) is 21.1. The molecule has 0 heterocycles. The number of nitrogens with two attached hydrogens (primary N) is 1. The van der Waals surface area contributed by atoms with Crippen LogP contribution in [0.2, 0.25) is 0 Å². The molecule has 28 heavy (non-hydrogen) atoms. The Kier molecular flexibility index (Phi) is 20.9.